The molecule has 2 fully saturated rings. The van der Waals surface area contributed by atoms with Gasteiger partial charge in [0.2, 0.25) is 5.89 Å². The summed E-state index contributed by atoms with van der Waals surface area (Å²) in [4.78, 5) is 22.4. The first-order valence-electron chi connectivity index (χ1n) is 9.13. The predicted octanol–water partition coefficient (Wildman–Crippen LogP) is 4.20. The number of amides is 1. The smallest absolute Gasteiger partial charge is 0.416 e. The van der Waals surface area contributed by atoms with Crippen LogP contribution in [0.3, 0.4) is 0 Å². The van der Waals surface area contributed by atoms with E-state index in [2.05, 4.69) is 16.7 Å². The number of halogens is 4. The second-order valence-corrected chi connectivity index (χ2v) is 7.60. The summed E-state index contributed by atoms with van der Waals surface area (Å²) in [7, 11) is 0. The molecule has 1 amide bonds. The van der Waals surface area contributed by atoms with Crippen molar-refractivity contribution in [3.63, 3.8) is 0 Å². The lowest BCUT2D eigenvalue weighted by atomic mass is 9.56. The number of oxime groups is 1. The molecule has 158 valence electrons. The molecule has 1 aliphatic heterocycles. The summed E-state index contributed by atoms with van der Waals surface area (Å²) in [5.74, 6) is -1.35. The minimum Gasteiger partial charge on any atom is -0.443 e. The number of nitrogens with zero attached hydrogens (tertiary/aromatic N) is 3. The lowest BCUT2D eigenvalue weighted by Crippen LogP contribution is -2.64. The highest BCUT2D eigenvalue weighted by Gasteiger charge is 2.55. The molecule has 1 spiro atoms. The van der Waals surface area contributed by atoms with Crippen molar-refractivity contribution in [1.82, 2.24) is 9.88 Å². The predicted molar refractivity (Wildman–Crippen MR) is 97.1 cm³/mol. The van der Waals surface area contributed by atoms with E-state index in [4.69, 9.17) is 9.25 Å². The van der Waals surface area contributed by atoms with E-state index in [9.17, 15) is 22.4 Å². The molecule has 2 aromatic rings. The number of aromatic nitrogens is 1. The molecule has 6 nitrogen and oxygen atoms in total. The molecule has 1 saturated carbocycles. The first-order valence-corrected chi connectivity index (χ1v) is 9.13. The minimum absolute atomic E-state index is 0.0658. The maximum atomic E-state index is 13.0. The molecule has 1 saturated heterocycles. The third kappa shape index (κ3) is 3.81. The Hall–Kier alpha value is -3.17. The molecule has 4 rings (SSSR count). The van der Waals surface area contributed by atoms with Gasteiger partial charge in [-0.3, -0.25) is 4.79 Å². The van der Waals surface area contributed by atoms with E-state index in [1.165, 1.54) is 29.5 Å². The molecular weight excluding hydrogens is 406 g/mol. The summed E-state index contributed by atoms with van der Waals surface area (Å²) in [5.41, 5.74) is -0.463. The highest BCUT2D eigenvalue weighted by atomic mass is 19.4. The number of hydrogen-bond donors (Lipinski definition) is 0. The maximum absolute atomic E-state index is 13.0. The lowest BCUT2D eigenvalue weighted by Gasteiger charge is -2.58. The van der Waals surface area contributed by atoms with Gasteiger partial charge in [-0.15, -0.1) is 0 Å². The van der Waals surface area contributed by atoms with E-state index < -0.39 is 23.5 Å². The molecule has 1 aromatic carbocycles. The van der Waals surface area contributed by atoms with E-state index in [1.807, 2.05) is 0 Å². The average molecular weight is 423 g/mol. The quantitative estimate of drug-likeness (QED) is 0.313. The van der Waals surface area contributed by atoms with Crippen LogP contribution < -0.4 is 4.84 Å². The van der Waals surface area contributed by atoms with Gasteiger partial charge in [-0.25, -0.2) is 9.37 Å². The van der Waals surface area contributed by atoms with Crippen LogP contribution >= 0.6 is 0 Å². The van der Waals surface area contributed by atoms with Crippen molar-refractivity contribution in [1.29, 1.82) is 0 Å². The van der Waals surface area contributed by atoms with Crippen LogP contribution in [0.2, 0.25) is 0 Å². The van der Waals surface area contributed by atoms with Crippen LogP contribution in [0.5, 0.6) is 5.75 Å². The van der Waals surface area contributed by atoms with E-state index in [1.54, 1.807) is 0 Å². The summed E-state index contributed by atoms with van der Waals surface area (Å²) in [6.45, 7) is 3.89. The number of likely N-dealkylation sites (tertiary alicyclic amines) is 1. The lowest BCUT2D eigenvalue weighted by molar-refractivity contribution is -0.149. The molecule has 0 unspecified atom stereocenters. The number of hydrogen-bond acceptors (Lipinski definition) is 5. The maximum Gasteiger partial charge on any atom is 0.416 e. The average Bonchev–Trinajstić information content (AvgIpc) is 3.15. The Bertz CT molecular complexity index is 970. The Morgan fingerprint density at radius 2 is 1.93 bits per heavy atom. The Morgan fingerprint density at radius 1 is 1.27 bits per heavy atom. The van der Waals surface area contributed by atoms with Gasteiger partial charge in [0.05, 0.1) is 11.8 Å². The number of carbonyl (C=O) groups excluding carboxylic acids is 1. The van der Waals surface area contributed by atoms with Crippen LogP contribution in [0.4, 0.5) is 17.6 Å². The van der Waals surface area contributed by atoms with E-state index in [0.29, 0.717) is 31.6 Å². The number of rotatable bonds is 5. The largest absolute Gasteiger partial charge is 0.443 e. The van der Waals surface area contributed by atoms with Gasteiger partial charge in [-0.2, -0.15) is 13.2 Å². The highest BCUT2D eigenvalue weighted by Crippen LogP contribution is 2.53. The minimum atomic E-state index is -4.43. The second kappa shape index (κ2) is 7.26. The van der Waals surface area contributed by atoms with Crippen LogP contribution in [-0.2, 0) is 11.0 Å². The van der Waals surface area contributed by atoms with Crippen molar-refractivity contribution >= 4 is 11.6 Å². The number of alkyl halides is 3. The summed E-state index contributed by atoms with van der Waals surface area (Å²) in [5, 5.41) is 4.08. The third-order valence-corrected chi connectivity index (χ3v) is 5.40. The van der Waals surface area contributed by atoms with Gasteiger partial charge in [0, 0.05) is 24.4 Å². The topological polar surface area (TPSA) is 67.9 Å². The summed E-state index contributed by atoms with van der Waals surface area (Å²) in [6, 6.07) is 4.18. The van der Waals surface area contributed by atoms with Crippen molar-refractivity contribution in [3.8, 4) is 5.75 Å². The Balaban J connectivity index is 1.43. The van der Waals surface area contributed by atoms with Gasteiger partial charge in [0.15, 0.2) is 11.6 Å². The SMILES string of the molecule is C=C(F)C(=O)N1CC2(CC(C(=NOc3ccc(C(F)(F)F)cc3)c3ncco3)C2)C1. The van der Waals surface area contributed by atoms with Gasteiger partial charge < -0.3 is 14.2 Å². The molecule has 2 heterocycles. The second-order valence-electron chi connectivity index (χ2n) is 7.60. The fourth-order valence-corrected chi connectivity index (χ4v) is 3.96. The van der Waals surface area contributed by atoms with Crippen LogP contribution in [0.25, 0.3) is 0 Å². The molecule has 10 heteroatoms. The van der Waals surface area contributed by atoms with E-state index >= 15 is 0 Å². The standard InChI is InChI=1S/C20H17F4N3O3/c1-12(21)18(28)27-10-19(11-27)8-13(9-19)16(17-25-6-7-29-17)26-30-15-4-2-14(3-5-15)20(22,23)24/h2-7,13H,1,8-11H2. The van der Waals surface area contributed by atoms with Crippen LogP contribution in [0.1, 0.15) is 24.3 Å². The zero-order chi connectivity index (χ0) is 21.5. The zero-order valence-electron chi connectivity index (χ0n) is 15.7. The van der Waals surface area contributed by atoms with E-state index in [-0.39, 0.29) is 23.0 Å². The molecule has 0 radical (unpaired) electrons. The van der Waals surface area contributed by atoms with Gasteiger partial charge >= 0.3 is 6.18 Å². The fourth-order valence-electron chi connectivity index (χ4n) is 3.96. The Labute approximate surface area is 168 Å². The molecule has 1 aromatic heterocycles. The van der Waals surface area contributed by atoms with E-state index in [0.717, 1.165) is 12.1 Å². The molecule has 1 aliphatic carbocycles. The van der Waals surface area contributed by atoms with Gasteiger partial charge in [-0.05, 0) is 37.1 Å². The number of benzene rings is 1. The van der Waals surface area contributed by atoms with Gasteiger partial charge in [-0.1, -0.05) is 11.7 Å². The molecule has 0 atom stereocenters. The monoisotopic (exact) mass is 423 g/mol. The van der Waals surface area contributed by atoms with Gasteiger partial charge in [0.25, 0.3) is 5.91 Å². The number of carbonyl (C=O) groups is 1. The van der Waals surface area contributed by atoms with Crippen molar-refractivity contribution in [2.45, 2.75) is 19.0 Å². The van der Waals surface area contributed by atoms with Crippen LogP contribution in [0.15, 0.2) is 58.7 Å². The third-order valence-electron chi connectivity index (χ3n) is 5.40. The molecule has 2 aliphatic rings. The van der Waals surface area contributed by atoms with Gasteiger partial charge in [0.1, 0.15) is 12.0 Å². The molecule has 0 bridgehead atoms. The Morgan fingerprint density at radius 3 is 2.47 bits per heavy atom. The first kappa shape index (κ1) is 20.1. The highest BCUT2D eigenvalue weighted by molar-refractivity contribution is 5.99. The van der Waals surface area contributed by atoms with Crippen molar-refractivity contribution in [3.05, 3.63) is 60.6 Å². The summed E-state index contributed by atoms with van der Waals surface area (Å²) < 4.78 is 56.3. The molecule has 0 N–H and O–H groups in total. The fraction of sp³-hybridized carbons (Fsp3) is 0.350. The zero-order valence-corrected chi connectivity index (χ0v) is 15.7. The Kier molecular flexibility index (Phi) is 4.87. The molecular formula is C20H17F4N3O3. The molecule has 30 heavy (non-hydrogen) atoms. The normalized spacial score (nSPS) is 18.7. The summed E-state index contributed by atoms with van der Waals surface area (Å²) in [6.07, 6.45) is -0.250. The van der Waals surface area contributed by atoms with Crippen molar-refractivity contribution < 1.29 is 31.6 Å². The number of oxazole rings is 1. The first-order chi connectivity index (χ1) is 14.2. The van der Waals surface area contributed by atoms with Crippen LogP contribution in [0, 0.1) is 11.3 Å². The summed E-state index contributed by atoms with van der Waals surface area (Å²) >= 11 is 0. The van der Waals surface area contributed by atoms with Crippen molar-refractivity contribution in [2.75, 3.05) is 13.1 Å². The van der Waals surface area contributed by atoms with Crippen molar-refractivity contribution in [2.24, 2.45) is 16.5 Å². The van der Waals surface area contributed by atoms with Crippen LogP contribution in [-0.4, -0.2) is 34.6 Å².